The molecule has 0 saturated heterocycles. The first kappa shape index (κ1) is 12.2. The lowest BCUT2D eigenvalue weighted by Gasteiger charge is -2.58. The Labute approximate surface area is 120 Å². The van der Waals surface area contributed by atoms with E-state index in [1.807, 2.05) is 24.3 Å². The van der Waals surface area contributed by atoms with Crippen molar-refractivity contribution in [3.8, 4) is 0 Å². The van der Waals surface area contributed by atoms with Gasteiger partial charge in [-0.3, -0.25) is 0 Å². The highest BCUT2D eigenvalue weighted by Crippen LogP contribution is 2.64. The molecule has 19 heavy (non-hydrogen) atoms. The molecule has 1 atom stereocenters. The van der Waals surface area contributed by atoms with Crippen LogP contribution in [0.15, 0.2) is 24.3 Å². The number of rotatable bonds is 2. The lowest BCUT2D eigenvalue weighted by atomic mass is 9.47. The number of hydrogen-bond donors (Lipinski definition) is 1. The number of aliphatic hydroxyl groups is 1. The minimum atomic E-state index is -0.366. The summed E-state index contributed by atoms with van der Waals surface area (Å²) in [5.41, 5.74) is 1.07. The van der Waals surface area contributed by atoms with Crippen molar-refractivity contribution in [2.24, 2.45) is 23.2 Å². The van der Waals surface area contributed by atoms with Crippen molar-refractivity contribution in [2.75, 3.05) is 0 Å². The molecule has 2 heteroatoms. The topological polar surface area (TPSA) is 20.2 Å². The van der Waals surface area contributed by atoms with Gasteiger partial charge in [0, 0.05) is 10.4 Å². The van der Waals surface area contributed by atoms with Crippen molar-refractivity contribution in [3.63, 3.8) is 0 Å². The van der Waals surface area contributed by atoms with Crippen molar-refractivity contribution in [1.82, 2.24) is 0 Å². The van der Waals surface area contributed by atoms with E-state index in [1.54, 1.807) is 0 Å². The molecule has 4 fully saturated rings. The molecular formula is C17H21ClO. The molecule has 1 nitrogen and oxygen atoms in total. The van der Waals surface area contributed by atoms with E-state index < -0.39 is 0 Å². The summed E-state index contributed by atoms with van der Waals surface area (Å²) in [4.78, 5) is 0. The fraction of sp³-hybridized carbons (Fsp3) is 0.647. The van der Waals surface area contributed by atoms with Crippen LogP contribution in [0.4, 0.5) is 0 Å². The summed E-state index contributed by atoms with van der Waals surface area (Å²) in [6.07, 6.45) is 7.51. The molecule has 4 aliphatic rings. The third kappa shape index (κ3) is 1.86. The minimum absolute atomic E-state index is 0.125. The third-order valence-electron chi connectivity index (χ3n) is 5.87. The van der Waals surface area contributed by atoms with Gasteiger partial charge < -0.3 is 5.11 Å². The van der Waals surface area contributed by atoms with Crippen LogP contribution in [0.5, 0.6) is 0 Å². The van der Waals surface area contributed by atoms with E-state index in [9.17, 15) is 5.11 Å². The summed E-state index contributed by atoms with van der Waals surface area (Å²) < 4.78 is 0. The van der Waals surface area contributed by atoms with Gasteiger partial charge in [0.2, 0.25) is 0 Å². The van der Waals surface area contributed by atoms with Crippen LogP contribution in [0.3, 0.4) is 0 Å². The average Bonchev–Trinajstić information content (AvgIpc) is 2.37. The van der Waals surface area contributed by atoms with Gasteiger partial charge in [0.25, 0.3) is 0 Å². The van der Waals surface area contributed by atoms with E-state index in [0.29, 0.717) is 0 Å². The van der Waals surface area contributed by atoms with Crippen molar-refractivity contribution in [2.45, 2.75) is 44.6 Å². The van der Waals surface area contributed by atoms with Crippen molar-refractivity contribution in [1.29, 1.82) is 0 Å². The SMILES string of the molecule is OC(c1ccccc1Cl)C12CC3CC(CC(C3)C1)C2. The summed E-state index contributed by atoms with van der Waals surface area (Å²) in [6.45, 7) is 0. The molecule has 0 aromatic heterocycles. The lowest BCUT2D eigenvalue weighted by molar-refractivity contribution is -0.122. The van der Waals surface area contributed by atoms with Gasteiger partial charge in [-0.05, 0) is 67.9 Å². The van der Waals surface area contributed by atoms with E-state index in [-0.39, 0.29) is 11.5 Å². The van der Waals surface area contributed by atoms with Gasteiger partial charge in [-0.25, -0.2) is 0 Å². The van der Waals surface area contributed by atoms with Crippen LogP contribution in [0.2, 0.25) is 5.02 Å². The van der Waals surface area contributed by atoms with Crippen LogP contribution >= 0.6 is 11.6 Å². The normalized spacial score (nSPS) is 41.5. The number of halogens is 1. The van der Waals surface area contributed by atoms with Crippen molar-refractivity contribution >= 4 is 11.6 Å². The van der Waals surface area contributed by atoms with Gasteiger partial charge in [-0.2, -0.15) is 0 Å². The zero-order valence-corrected chi connectivity index (χ0v) is 11.9. The molecule has 0 heterocycles. The molecule has 102 valence electrons. The molecule has 0 aliphatic heterocycles. The molecule has 0 spiro atoms. The highest BCUT2D eigenvalue weighted by Gasteiger charge is 2.54. The maximum absolute atomic E-state index is 11.0. The Morgan fingerprint density at radius 3 is 2.05 bits per heavy atom. The predicted octanol–water partition coefficient (Wildman–Crippen LogP) is 4.59. The first-order valence-corrected chi connectivity index (χ1v) is 7.96. The highest BCUT2D eigenvalue weighted by atomic mass is 35.5. The maximum Gasteiger partial charge on any atom is 0.0860 e. The summed E-state index contributed by atoms with van der Waals surface area (Å²) in [5.74, 6) is 2.59. The summed E-state index contributed by atoms with van der Waals surface area (Å²) in [5, 5.41) is 11.7. The zero-order chi connectivity index (χ0) is 13.0. The zero-order valence-electron chi connectivity index (χ0n) is 11.2. The summed E-state index contributed by atoms with van der Waals surface area (Å²) in [7, 11) is 0. The lowest BCUT2D eigenvalue weighted by Crippen LogP contribution is -2.48. The molecular weight excluding hydrogens is 256 g/mol. The molecule has 4 saturated carbocycles. The number of hydrogen-bond acceptors (Lipinski definition) is 1. The van der Waals surface area contributed by atoms with Crippen LogP contribution in [-0.4, -0.2) is 5.11 Å². The molecule has 4 aliphatic carbocycles. The second kappa shape index (κ2) is 4.23. The third-order valence-corrected chi connectivity index (χ3v) is 6.21. The summed E-state index contributed by atoms with van der Waals surface area (Å²) in [6, 6.07) is 7.84. The van der Waals surface area contributed by atoms with Crippen LogP contribution in [0, 0.1) is 23.2 Å². The number of benzene rings is 1. The van der Waals surface area contributed by atoms with E-state index >= 15 is 0 Å². The molecule has 1 N–H and O–H groups in total. The second-order valence-electron chi connectivity index (χ2n) is 7.20. The Bertz CT molecular complexity index is 461. The standard InChI is InChI=1S/C17H21ClO/c18-15-4-2-1-3-14(15)16(19)17-8-11-5-12(9-17)7-13(6-11)10-17/h1-4,11-13,16,19H,5-10H2. The Morgan fingerprint density at radius 1 is 1.00 bits per heavy atom. The van der Waals surface area contributed by atoms with Crippen LogP contribution in [0.1, 0.15) is 50.2 Å². The van der Waals surface area contributed by atoms with Gasteiger partial charge in [0.15, 0.2) is 0 Å². The van der Waals surface area contributed by atoms with E-state index in [2.05, 4.69) is 0 Å². The first-order valence-electron chi connectivity index (χ1n) is 7.59. The van der Waals surface area contributed by atoms with Crippen LogP contribution in [-0.2, 0) is 0 Å². The van der Waals surface area contributed by atoms with Crippen molar-refractivity contribution in [3.05, 3.63) is 34.9 Å². The maximum atomic E-state index is 11.0. The molecule has 4 bridgehead atoms. The smallest absolute Gasteiger partial charge is 0.0860 e. The van der Waals surface area contributed by atoms with Crippen molar-refractivity contribution < 1.29 is 5.11 Å². The molecule has 5 rings (SSSR count). The Kier molecular flexibility index (Phi) is 2.72. The van der Waals surface area contributed by atoms with Crippen LogP contribution < -0.4 is 0 Å². The van der Waals surface area contributed by atoms with Gasteiger partial charge in [0.05, 0.1) is 6.10 Å². The van der Waals surface area contributed by atoms with Gasteiger partial charge in [-0.1, -0.05) is 29.8 Å². The predicted molar refractivity (Wildman–Crippen MR) is 77.0 cm³/mol. The number of aliphatic hydroxyl groups excluding tert-OH is 1. The van der Waals surface area contributed by atoms with Gasteiger partial charge in [-0.15, -0.1) is 0 Å². The average molecular weight is 277 g/mol. The highest BCUT2D eigenvalue weighted by molar-refractivity contribution is 6.31. The second-order valence-corrected chi connectivity index (χ2v) is 7.61. The Hall–Kier alpha value is -0.530. The monoisotopic (exact) mass is 276 g/mol. The minimum Gasteiger partial charge on any atom is -0.388 e. The molecule has 0 radical (unpaired) electrons. The fourth-order valence-corrected chi connectivity index (χ4v) is 5.78. The van der Waals surface area contributed by atoms with Crippen LogP contribution in [0.25, 0.3) is 0 Å². The Balaban J connectivity index is 1.70. The fourth-order valence-electron chi connectivity index (χ4n) is 5.54. The van der Waals surface area contributed by atoms with E-state index in [4.69, 9.17) is 11.6 Å². The molecule has 1 aromatic carbocycles. The van der Waals surface area contributed by atoms with Gasteiger partial charge in [0.1, 0.15) is 0 Å². The first-order chi connectivity index (χ1) is 9.16. The largest absolute Gasteiger partial charge is 0.388 e. The molecule has 1 unspecified atom stereocenters. The van der Waals surface area contributed by atoms with E-state index in [0.717, 1.165) is 28.3 Å². The quantitative estimate of drug-likeness (QED) is 0.838. The molecule has 1 aromatic rings. The van der Waals surface area contributed by atoms with Gasteiger partial charge >= 0.3 is 0 Å². The Morgan fingerprint density at radius 2 is 1.53 bits per heavy atom. The summed E-state index contributed by atoms with van der Waals surface area (Å²) >= 11 is 6.30. The van der Waals surface area contributed by atoms with E-state index in [1.165, 1.54) is 38.5 Å². The molecule has 0 amide bonds.